The molecule has 0 radical (unpaired) electrons. The standard InChI is InChI=1S/C11H17N3O5/c1-3-4-7(10(17)18)12-8(15)5-14-9(16)6-13(2)11(14)19/h7H,3-6H2,1-2H3,(H,12,15)(H,17,18)/t7-/m0/s1. The summed E-state index contributed by atoms with van der Waals surface area (Å²) in [6.07, 6.45) is 0.893. The second-order valence-corrected chi connectivity index (χ2v) is 4.37. The van der Waals surface area contributed by atoms with Crippen LogP contribution in [0.3, 0.4) is 0 Å². The van der Waals surface area contributed by atoms with Gasteiger partial charge in [0.05, 0.1) is 0 Å². The van der Waals surface area contributed by atoms with Gasteiger partial charge in [-0.05, 0) is 6.42 Å². The lowest BCUT2D eigenvalue weighted by molar-refractivity contribution is -0.142. The molecular weight excluding hydrogens is 254 g/mol. The van der Waals surface area contributed by atoms with Crippen molar-refractivity contribution in [1.29, 1.82) is 0 Å². The largest absolute Gasteiger partial charge is 0.480 e. The molecule has 1 atom stereocenters. The summed E-state index contributed by atoms with van der Waals surface area (Å²) in [7, 11) is 1.45. The number of imide groups is 1. The number of hydrogen-bond donors (Lipinski definition) is 2. The van der Waals surface area contributed by atoms with E-state index in [1.807, 2.05) is 0 Å². The molecule has 0 bridgehead atoms. The fourth-order valence-electron chi connectivity index (χ4n) is 1.75. The number of rotatable bonds is 6. The lowest BCUT2D eigenvalue weighted by atomic mass is 10.1. The Morgan fingerprint density at radius 1 is 1.42 bits per heavy atom. The molecule has 8 heteroatoms. The number of hydrogen-bond acceptors (Lipinski definition) is 4. The number of likely N-dealkylation sites (N-methyl/N-ethyl adjacent to an activating group) is 1. The minimum atomic E-state index is -1.13. The molecule has 0 aromatic carbocycles. The van der Waals surface area contributed by atoms with E-state index in [0.29, 0.717) is 12.8 Å². The first-order valence-electron chi connectivity index (χ1n) is 5.94. The summed E-state index contributed by atoms with van der Waals surface area (Å²) in [4.78, 5) is 47.5. The molecule has 0 aromatic rings. The van der Waals surface area contributed by atoms with Crippen LogP contribution in [0.5, 0.6) is 0 Å². The second kappa shape index (κ2) is 6.17. The van der Waals surface area contributed by atoms with Crippen LogP contribution in [0.25, 0.3) is 0 Å². The summed E-state index contributed by atoms with van der Waals surface area (Å²) < 4.78 is 0. The number of carboxylic acids is 1. The molecule has 19 heavy (non-hydrogen) atoms. The van der Waals surface area contributed by atoms with Crippen LogP contribution >= 0.6 is 0 Å². The Kier molecular flexibility index (Phi) is 4.85. The van der Waals surface area contributed by atoms with Crippen LogP contribution in [0.2, 0.25) is 0 Å². The van der Waals surface area contributed by atoms with Crippen molar-refractivity contribution in [2.75, 3.05) is 20.1 Å². The summed E-state index contributed by atoms with van der Waals surface area (Å²) in [5.41, 5.74) is 0. The van der Waals surface area contributed by atoms with Gasteiger partial charge in [-0.3, -0.25) is 14.5 Å². The van der Waals surface area contributed by atoms with Gasteiger partial charge in [0.25, 0.3) is 5.91 Å². The highest BCUT2D eigenvalue weighted by molar-refractivity contribution is 6.04. The highest BCUT2D eigenvalue weighted by atomic mass is 16.4. The van der Waals surface area contributed by atoms with Crippen LogP contribution in [0.1, 0.15) is 19.8 Å². The summed E-state index contributed by atoms with van der Waals surface area (Å²) in [6.45, 7) is 1.28. The van der Waals surface area contributed by atoms with Crippen molar-refractivity contribution in [3.63, 3.8) is 0 Å². The Morgan fingerprint density at radius 2 is 2.05 bits per heavy atom. The maximum atomic E-state index is 11.6. The molecule has 4 amide bonds. The van der Waals surface area contributed by atoms with Gasteiger partial charge in [-0.25, -0.2) is 9.59 Å². The Morgan fingerprint density at radius 3 is 2.47 bits per heavy atom. The van der Waals surface area contributed by atoms with Crippen molar-refractivity contribution in [3.05, 3.63) is 0 Å². The SMILES string of the molecule is CCC[C@H](NC(=O)CN1C(=O)CN(C)C1=O)C(=O)O. The maximum absolute atomic E-state index is 11.6. The fourth-order valence-corrected chi connectivity index (χ4v) is 1.75. The number of carboxylic acid groups (broad SMARTS) is 1. The average molecular weight is 271 g/mol. The van der Waals surface area contributed by atoms with Crippen LogP contribution in [-0.2, 0) is 14.4 Å². The highest BCUT2D eigenvalue weighted by Crippen LogP contribution is 2.07. The van der Waals surface area contributed by atoms with E-state index in [4.69, 9.17) is 5.11 Å². The maximum Gasteiger partial charge on any atom is 0.327 e. The molecule has 8 nitrogen and oxygen atoms in total. The van der Waals surface area contributed by atoms with Crippen LogP contribution in [0, 0.1) is 0 Å². The van der Waals surface area contributed by atoms with Crippen molar-refractivity contribution in [2.24, 2.45) is 0 Å². The normalized spacial score (nSPS) is 16.7. The van der Waals surface area contributed by atoms with Gasteiger partial charge < -0.3 is 15.3 Å². The molecule has 0 spiro atoms. The van der Waals surface area contributed by atoms with E-state index in [0.717, 1.165) is 4.90 Å². The fraction of sp³-hybridized carbons (Fsp3) is 0.636. The van der Waals surface area contributed by atoms with E-state index >= 15 is 0 Å². The monoisotopic (exact) mass is 271 g/mol. The van der Waals surface area contributed by atoms with Gasteiger partial charge in [-0.15, -0.1) is 0 Å². The first-order chi connectivity index (χ1) is 8.86. The van der Waals surface area contributed by atoms with Crippen molar-refractivity contribution in [2.45, 2.75) is 25.8 Å². The van der Waals surface area contributed by atoms with Crippen LogP contribution in [0.4, 0.5) is 4.79 Å². The molecule has 106 valence electrons. The van der Waals surface area contributed by atoms with E-state index in [9.17, 15) is 19.2 Å². The quantitative estimate of drug-likeness (QED) is 0.618. The predicted molar refractivity (Wildman–Crippen MR) is 64.2 cm³/mol. The molecule has 0 aromatic heterocycles. The molecule has 1 saturated heterocycles. The summed E-state index contributed by atoms with van der Waals surface area (Å²) in [5.74, 6) is -2.26. The summed E-state index contributed by atoms with van der Waals surface area (Å²) in [5, 5.41) is 11.2. The lowest BCUT2D eigenvalue weighted by Gasteiger charge is -2.17. The molecular formula is C11H17N3O5. The minimum absolute atomic E-state index is 0.0660. The van der Waals surface area contributed by atoms with Gasteiger partial charge in [-0.1, -0.05) is 13.3 Å². The molecule has 1 fully saturated rings. The number of amides is 4. The molecule has 1 rings (SSSR count). The Labute approximate surface area is 110 Å². The predicted octanol–water partition coefficient (Wildman–Crippen LogP) is -0.750. The smallest absolute Gasteiger partial charge is 0.327 e. The minimum Gasteiger partial charge on any atom is -0.480 e. The van der Waals surface area contributed by atoms with Crippen LogP contribution in [0.15, 0.2) is 0 Å². The number of aliphatic carboxylic acids is 1. The third-order valence-corrected chi connectivity index (χ3v) is 2.74. The van der Waals surface area contributed by atoms with Crippen LogP contribution < -0.4 is 5.32 Å². The van der Waals surface area contributed by atoms with E-state index < -0.39 is 36.4 Å². The van der Waals surface area contributed by atoms with Crippen molar-refractivity contribution in [1.82, 2.24) is 15.1 Å². The molecule has 2 N–H and O–H groups in total. The number of urea groups is 1. The topological polar surface area (TPSA) is 107 Å². The zero-order valence-corrected chi connectivity index (χ0v) is 10.9. The van der Waals surface area contributed by atoms with Gasteiger partial charge in [0.15, 0.2) is 0 Å². The average Bonchev–Trinajstić information content (AvgIpc) is 2.55. The van der Waals surface area contributed by atoms with Gasteiger partial charge in [0, 0.05) is 7.05 Å². The summed E-state index contributed by atoms with van der Waals surface area (Å²) >= 11 is 0. The Balaban J connectivity index is 2.57. The van der Waals surface area contributed by atoms with Crippen molar-refractivity contribution < 1.29 is 24.3 Å². The molecule has 1 heterocycles. The van der Waals surface area contributed by atoms with Crippen molar-refractivity contribution >= 4 is 23.8 Å². The molecule has 1 aliphatic heterocycles. The van der Waals surface area contributed by atoms with E-state index in [-0.39, 0.29) is 6.54 Å². The first kappa shape index (κ1) is 14.9. The van der Waals surface area contributed by atoms with Gasteiger partial charge in [0.1, 0.15) is 19.1 Å². The van der Waals surface area contributed by atoms with Gasteiger partial charge >= 0.3 is 12.0 Å². The Hall–Kier alpha value is -2.12. The molecule has 1 aliphatic rings. The third kappa shape index (κ3) is 3.67. The highest BCUT2D eigenvalue weighted by Gasteiger charge is 2.35. The zero-order valence-electron chi connectivity index (χ0n) is 10.9. The lowest BCUT2D eigenvalue weighted by Crippen LogP contribution is -2.47. The summed E-state index contributed by atoms with van der Waals surface area (Å²) in [6, 6.07) is -1.55. The molecule has 0 aliphatic carbocycles. The number of carbonyl (C=O) groups is 4. The van der Waals surface area contributed by atoms with Crippen molar-refractivity contribution in [3.8, 4) is 0 Å². The zero-order chi connectivity index (χ0) is 14.6. The third-order valence-electron chi connectivity index (χ3n) is 2.74. The first-order valence-corrected chi connectivity index (χ1v) is 5.94. The second-order valence-electron chi connectivity index (χ2n) is 4.37. The molecule has 0 unspecified atom stereocenters. The number of carbonyl (C=O) groups excluding carboxylic acids is 3. The van der Waals surface area contributed by atoms with E-state index in [2.05, 4.69) is 5.32 Å². The van der Waals surface area contributed by atoms with Gasteiger partial charge in [0.2, 0.25) is 5.91 Å². The van der Waals surface area contributed by atoms with E-state index in [1.165, 1.54) is 11.9 Å². The molecule has 0 saturated carbocycles. The van der Waals surface area contributed by atoms with Crippen LogP contribution in [-0.4, -0.2) is 64.9 Å². The van der Waals surface area contributed by atoms with E-state index in [1.54, 1.807) is 6.92 Å². The number of nitrogens with one attached hydrogen (secondary N) is 1. The number of nitrogens with zero attached hydrogens (tertiary/aromatic N) is 2. The Bertz CT molecular complexity index is 409. The van der Waals surface area contributed by atoms with Gasteiger partial charge in [-0.2, -0.15) is 0 Å².